The van der Waals surface area contributed by atoms with E-state index in [-0.39, 0.29) is 31.8 Å². The minimum atomic E-state index is -4.17. The van der Waals surface area contributed by atoms with Gasteiger partial charge in [0.1, 0.15) is 16.5 Å². The third-order valence-corrected chi connectivity index (χ3v) is 6.55. The molecule has 0 aliphatic carbocycles. The molecule has 146 valence electrons. The molecule has 1 N–H and O–H groups in total. The summed E-state index contributed by atoms with van der Waals surface area (Å²) in [7, 11) is -4.17. The van der Waals surface area contributed by atoms with E-state index < -0.39 is 32.5 Å². The number of terminal acetylenes is 1. The Balaban J connectivity index is 1.66. The van der Waals surface area contributed by atoms with Gasteiger partial charge in [-0.1, -0.05) is 12.0 Å². The Morgan fingerprint density at radius 3 is 2.54 bits per heavy atom. The van der Waals surface area contributed by atoms with Crippen LogP contribution in [0.1, 0.15) is 18.4 Å². The summed E-state index contributed by atoms with van der Waals surface area (Å²) in [5.74, 6) is 0.0259. The minimum absolute atomic E-state index is 0.0424. The highest BCUT2D eigenvalue weighted by atomic mass is 32.2. The summed E-state index contributed by atoms with van der Waals surface area (Å²) in [6.45, 7) is 0.0849. The molecular weight excluding hydrogens is 386 g/mol. The van der Waals surface area contributed by atoms with Gasteiger partial charge in [-0.15, -0.1) is 6.42 Å². The molecule has 2 aromatic carbocycles. The van der Waals surface area contributed by atoms with Crippen molar-refractivity contribution in [1.82, 2.24) is 4.31 Å². The molecular formula is C20H18F2N2O3S. The van der Waals surface area contributed by atoms with Crippen molar-refractivity contribution in [2.45, 2.75) is 17.7 Å². The number of piperidine rings is 1. The van der Waals surface area contributed by atoms with Crippen molar-refractivity contribution in [3.8, 4) is 12.3 Å². The molecule has 0 spiro atoms. The van der Waals surface area contributed by atoms with Gasteiger partial charge < -0.3 is 5.32 Å². The molecule has 28 heavy (non-hydrogen) atoms. The lowest BCUT2D eigenvalue weighted by Crippen LogP contribution is -2.41. The number of rotatable bonds is 4. The number of hydrogen-bond donors (Lipinski definition) is 1. The van der Waals surface area contributed by atoms with Crippen LogP contribution in [0.25, 0.3) is 0 Å². The van der Waals surface area contributed by atoms with Gasteiger partial charge in [-0.3, -0.25) is 4.79 Å². The first kappa shape index (κ1) is 20.0. The fourth-order valence-corrected chi connectivity index (χ4v) is 4.65. The number of benzene rings is 2. The van der Waals surface area contributed by atoms with E-state index in [9.17, 15) is 22.0 Å². The van der Waals surface area contributed by atoms with Crippen LogP contribution in [0.5, 0.6) is 0 Å². The molecule has 1 aliphatic rings. The number of carbonyl (C=O) groups excluding carboxylic acids is 1. The zero-order valence-electron chi connectivity index (χ0n) is 14.9. The summed E-state index contributed by atoms with van der Waals surface area (Å²) in [4.78, 5) is 11.8. The highest BCUT2D eigenvalue weighted by molar-refractivity contribution is 7.89. The van der Waals surface area contributed by atoms with Gasteiger partial charge in [0, 0.05) is 30.3 Å². The molecule has 3 rings (SSSR count). The summed E-state index contributed by atoms with van der Waals surface area (Å²) in [6.07, 6.45) is 5.89. The van der Waals surface area contributed by atoms with E-state index in [1.165, 1.54) is 0 Å². The Labute approximate surface area is 162 Å². The number of halogens is 2. The van der Waals surface area contributed by atoms with Gasteiger partial charge in [-0.05, 0) is 49.2 Å². The zero-order valence-corrected chi connectivity index (χ0v) is 15.7. The van der Waals surface area contributed by atoms with Crippen molar-refractivity contribution in [2.24, 2.45) is 5.92 Å². The maximum Gasteiger partial charge on any atom is 0.246 e. The first-order valence-electron chi connectivity index (χ1n) is 8.64. The smallest absolute Gasteiger partial charge is 0.246 e. The number of nitrogens with one attached hydrogen (secondary N) is 1. The summed E-state index contributed by atoms with van der Waals surface area (Å²) < 4.78 is 53.5. The number of sulfonamides is 1. The molecule has 1 amide bonds. The standard InChI is InChI=1S/C20H18F2N2O3S/c1-2-14-4-3-5-17(12-14)23-20(25)15-8-10-24(11-9-15)28(26,27)19-13-16(21)6-7-18(19)22/h1,3-7,12-13,15H,8-11H2,(H,23,25). The third kappa shape index (κ3) is 4.21. The van der Waals surface area contributed by atoms with E-state index in [1.807, 2.05) is 0 Å². The van der Waals surface area contributed by atoms with Crippen LogP contribution in [0, 0.1) is 29.9 Å². The van der Waals surface area contributed by atoms with Crippen molar-refractivity contribution in [3.63, 3.8) is 0 Å². The lowest BCUT2D eigenvalue weighted by atomic mass is 9.97. The number of carbonyl (C=O) groups is 1. The first-order valence-corrected chi connectivity index (χ1v) is 10.1. The summed E-state index contributed by atoms with van der Waals surface area (Å²) >= 11 is 0. The Morgan fingerprint density at radius 2 is 1.86 bits per heavy atom. The molecule has 1 fully saturated rings. The fraction of sp³-hybridized carbons (Fsp3) is 0.250. The number of anilines is 1. The molecule has 0 atom stereocenters. The van der Waals surface area contributed by atoms with Crippen molar-refractivity contribution >= 4 is 21.6 Å². The predicted octanol–water partition coefficient (Wildman–Crippen LogP) is 2.99. The quantitative estimate of drug-likeness (QED) is 0.797. The SMILES string of the molecule is C#Cc1cccc(NC(=O)C2CCN(S(=O)(=O)c3cc(F)ccc3F)CC2)c1. The van der Waals surface area contributed by atoms with Crippen LogP contribution in [0.2, 0.25) is 0 Å². The van der Waals surface area contributed by atoms with Gasteiger partial charge in [-0.2, -0.15) is 4.31 Å². The second-order valence-electron chi connectivity index (χ2n) is 6.47. The number of nitrogens with zero attached hydrogens (tertiary/aromatic N) is 1. The van der Waals surface area contributed by atoms with E-state index in [1.54, 1.807) is 24.3 Å². The Bertz CT molecular complexity index is 1040. The van der Waals surface area contributed by atoms with E-state index in [0.29, 0.717) is 17.3 Å². The highest BCUT2D eigenvalue weighted by Crippen LogP contribution is 2.26. The monoisotopic (exact) mass is 404 g/mol. The van der Waals surface area contributed by atoms with Crippen LogP contribution in [-0.4, -0.2) is 31.7 Å². The Kier molecular flexibility index (Phi) is 5.77. The van der Waals surface area contributed by atoms with E-state index in [0.717, 1.165) is 16.4 Å². The minimum Gasteiger partial charge on any atom is -0.326 e. The molecule has 0 radical (unpaired) electrons. The lowest BCUT2D eigenvalue weighted by molar-refractivity contribution is -0.120. The average Bonchev–Trinajstić information content (AvgIpc) is 2.70. The second kappa shape index (κ2) is 8.09. The van der Waals surface area contributed by atoms with Crippen LogP contribution in [-0.2, 0) is 14.8 Å². The summed E-state index contributed by atoms with van der Waals surface area (Å²) in [5.41, 5.74) is 1.20. The maximum atomic E-state index is 13.9. The Hall–Kier alpha value is -2.76. The topological polar surface area (TPSA) is 66.5 Å². The van der Waals surface area contributed by atoms with Gasteiger partial charge in [0.15, 0.2) is 0 Å². The molecule has 0 bridgehead atoms. The molecule has 0 aromatic heterocycles. The third-order valence-electron chi connectivity index (χ3n) is 4.63. The van der Waals surface area contributed by atoms with Crippen LogP contribution >= 0.6 is 0 Å². The summed E-state index contributed by atoms with van der Waals surface area (Å²) in [5, 5.41) is 2.78. The molecule has 1 heterocycles. The van der Waals surface area contributed by atoms with Gasteiger partial charge in [0.2, 0.25) is 15.9 Å². The normalized spacial score (nSPS) is 15.8. The van der Waals surface area contributed by atoms with Gasteiger partial charge in [0.25, 0.3) is 0 Å². The number of hydrogen-bond acceptors (Lipinski definition) is 3. The zero-order chi connectivity index (χ0) is 20.3. The highest BCUT2D eigenvalue weighted by Gasteiger charge is 2.33. The van der Waals surface area contributed by atoms with Crippen molar-refractivity contribution in [1.29, 1.82) is 0 Å². The van der Waals surface area contributed by atoms with Gasteiger partial charge >= 0.3 is 0 Å². The molecule has 0 saturated carbocycles. The second-order valence-corrected chi connectivity index (χ2v) is 8.37. The molecule has 0 unspecified atom stereocenters. The maximum absolute atomic E-state index is 13.9. The molecule has 1 aliphatic heterocycles. The predicted molar refractivity (Wildman–Crippen MR) is 101 cm³/mol. The summed E-state index contributed by atoms with van der Waals surface area (Å²) in [6, 6.07) is 9.17. The van der Waals surface area contributed by atoms with Gasteiger partial charge in [0.05, 0.1) is 0 Å². The lowest BCUT2D eigenvalue weighted by Gasteiger charge is -2.30. The van der Waals surface area contributed by atoms with E-state index in [2.05, 4.69) is 11.2 Å². The fourth-order valence-electron chi connectivity index (χ4n) is 3.10. The first-order chi connectivity index (χ1) is 13.3. The molecule has 5 nitrogen and oxygen atoms in total. The molecule has 2 aromatic rings. The van der Waals surface area contributed by atoms with E-state index in [4.69, 9.17) is 6.42 Å². The molecule has 1 saturated heterocycles. The van der Waals surface area contributed by atoms with E-state index >= 15 is 0 Å². The largest absolute Gasteiger partial charge is 0.326 e. The van der Waals surface area contributed by atoms with Crippen LogP contribution in [0.15, 0.2) is 47.4 Å². The van der Waals surface area contributed by atoms with Crippen LogP contribution in [0.4, 0.5) is 14.5 Å². The van der Waals surface area contributed by atoms with Gasteiger partial charge in [-0.25, -0.2) is 17.2 Å². The average molecular weight is 404 g/mol. The van der Waals surface area contributed by atoms with Crippen molar-refractivity contribution < 1.29 is 22.0 Å². The van der Waals surface area contributed by atoms with Crippen molar-refractivity contribution in [2.75, 3.05) is 18.4 Å². The van der Waals surface area contributed by atoms with Crippen LogP contribution < -0.4 is 5.32 Å². The Morgan fingerprint density at radius 1 is 1.14 bits per heavy atom. The van der Waals surface area contributed by atoms with Crippen molar-refractivity contribution in [3.05, 3.63) is 59.7 Å². The number of amides is 1. The molecule has 8 heteroatoms. The van der Waals surface area contributed by atoms with Crippen LogP contribution in [0.3, 0.4) is 0 Å².